The van der Waals surface area contributed by atoms with E-state index < -0.39 is 0 Å². The lowest BCUT2D eigenvalue weighted by molar-refractivity contribution is -0.148. The summed E-state index contributed by atoms with van der Waals surface area (Å²) >= 11 is 12.1. The van der Waals surface area contributed by atoms with Crippen LogP contribution in [0, 0.1) is 5.92 Å². The molecule has 3 unspecified atom stereocenters. The summed E-state index contributed by atoms with van der Waals surface area (Å²) in [5, 5.41) is 7.40. The zero-order valence-electron chi connectivity index (χ0n) is 23.4. The highest BCUT2D eigenvalue weighted by Gasteiger charge is 2.42. The van der Waals surface area contributed by atoms with Crippen molar-refractivity contribution in [2.75, 3.05) is 58.3 Å². The van der Waals surface area contributed by atoms with Crippen molar-refractivity contribution in [2.24, 2.45) is 5.92 Å². The zero-order chi connectivity index (χ0) is 28.9. The normalized spacial score (nSPS) is 23.6. The SMILES string of the molecule is CN(Cc1ccc(Cl)c(Cl)c1)C(=O)CN1CNC2CCC(N3CCN(CC(=O)Nc4ccccc4)CC3)CC2C1=O. The first-order valence-corrected chi connectivity index (χ1v) is 15.0. The number of hydrogen-bond donors (Lipinski definition) is 2. The Morgan fingerprint density at radius 1 is 1.00 bits per heavy atom. The number of nitrogens with zero attached hydrogens (tertiary/aromatic N) is 4. The molecule has 41 heavy (non-hydrogen) atoms. The van der Waals surface area contributed by atoms with Crippen LogP contribution in [0.5, 0.6) is 0 Å². The Labute approximate surface area is 251 Å². The van der Waals surface area contributed by atoms with E-state index in [0.29, 0.717) is 35.8 Å². The first-order chi connectivity index (χ1) is 19.8. The van der Waals surface area contributed by atoms with Gasteiger partial charge in [0.1, 0.15) is 6.54 Å². The lowest BCUT2D eigenvalue weighted by Crippen LogP contribution is -2.62. The summed E-state index contributed by atoms with van der Waals surface area (Å²) in [6.07, 6.45) is 2.77. The van der Waals surface area contributed by atoms with Crippen LogP contribution in [0.25, 0.3) is 0 Å². The van der Waals surface area contributed by atoms with Gasteiger partial charge in [0.2, 0.25) is 17.7 Å². The number of hydrogen-bond acceptors (Lipinski definition) is 6. The molecule has 9 nitrogen and oxygen atoms in total. The maximum absolute atomic E-state index is 13.5. The first kappa shape index (κ1) is 29.8. The van der Waals surface area contributed by atoms with E-state index in [1.54, 1.807) is 29.0 Å². The summed E-state index contributed by atoms with van der Waals surface area (Å²) in [6.45, 7) is 4.60. The molecule has 11 heteroatoms. The van der Waals surface area contributed by atoms with E-state index in [9.17, 15) is 14.4 Å². The molecule has 2 heterocycles. The van der Waals surface area contributed by atoms with E-state index in [-0.39, 0.29) is 36.2 Å². The number of carbonyl (C=O) groups excluding carboxylic acids is 3. The number of para-hydroxylation sites is 1. The van der Waals surface area contributed by atoms with Crippen molar-refractivity contribution in [3.63, 3.8) is 0 Å². The maximum atomic E-state index is 13.5. The number of halogens is 2. The third kappa shape index (κ3) is 7.59. The Morgan fingerprint density at radius 2 is 1.76 bits per heavy atom. The van der Waals surface area contributed by atoms with Gasteiger partial charge in [-0.3, -0.25) is 29.5 Å². The highest BCUT2D eigenvalue weighted by molar-refractivity contribution is 6.42. The topological polar surface area (TPSA) is 88.2 Å². The molecule has 2 N–H and O–H groups in total. The molecule has 3 amide bonds. The van der Waals surface area contributed by atoms with Crippen molar-refractivity contribution in [3.8, 4) is 0 Å². The van der Waals surface area contributed by atoms with Crippen LogP contribution in [0.3, 0.4) is 0 Å². The Morgan fingerprint density at radius 3 is 2.49 bits per heavy atom. The Kier molecular flexibility index (Phi) is 9.83. The van der Waals surface area contributed by atoms with Crippen molar-refractivity contribution in [1.29, 1.82) is 0 Å². The molecule has 1 aliphatic carbocycles. The van der Waals surface area contributed by atoms with Crippen LogP contribution >= 0.6 is 23.2 Å². The number of likely N-dealkylation sites (N-methyl/N-ethyl adjacent to an activating group) is 1. The summed E-state index contributed by atoms with van der Waals surface area (Å²) in [5.74, 6) is -0.193. The number of benzene rings is 2. The molecule has 3 atom stereocenters. The molecule has 1 saturated carbocycles. The molecule has 5 rings (SSSR count). The number of nitrogens with one attached hydrogen (secondary N) is 2. The van der Waals surface area contributed by atoms with Gasteiger partial charge in [-0.2, -0.15) is 0 Å². The van der Waals surface area contributed by atoms with Gasteiger partial charge in [0.25, 0.3) is 0 Å². The third-order valence-corrected chi connectivity index (χ3v) is 9.24. The van der Waals surface area contributed by atoms with Crippen LogP contribution in [-0.2, 0) is 20.9 Å². The Balaban J connectivity index is 1.09. The number of piperazine rings is 1. The van der Waals surface area contributed by atoms with Gasteiger partial charge >= 0.3 is 0 Å². The van der Waals surface area contributed by atoms with Gasteiger partial charge < -0.3 is 15.1 Å². The van der Waals surface area contributed by atoms with Gasteiger partial charge in [-0.25, -0.2) is 0 Å². The predicted molar refractivity (Wildman–Crippen MR) is 161 cm³/mol. The molecule has 2 aromatic rings. The minimum absolute atomic E-state index is 0.00119. The molecule has 0 radical (unpaired) electrons. The Hall–Kier alpha value is -2.69. The summed E-state index contributed by atoms with van der Waals surface area (Å²) in [4.78, 5) is 46.9. The van der Waals surface area contributed by atoms with Gasteiger partial charge in [-0.1, -0.05) is 47.5 Å². The molecular formula is C30H38Cl2N6O3. The molecule has 2 saturated heterocycles. The van der Waals surface area contributed by atoms with Crippen molar-refractivity contribution in [2.45, 2.75) is 37.9 Å². The van der Waals surface area contributed by atoms with Gasteiger partial charge in [-0.05, 0) is 49.1 Å². The smallest absolute Gasteiger partial charge is 0.242 e. The average molecular weight is 602 g/mol. The summed E-state index contributed by atoms with van der Waals surface area (Å²) in [7, 11) is 1.73. The molecule has 0 bridgehead atoms. The largest absolute Gasteiger partial charge is 0.340 e. The van der Waals surface area contributed by atoms with E-state index in [1.807, 2.05) is 36.4 Å². The van der Waals surface area contributed by atoms with Crippen LogP contribution in [0.1, 0.15) is 24.8 Å². The quantitative estimate of drug-likeness (QED) is 0.484. The number of rotatable bonds is 8. The second-order valence-electron chi connectivity index (χ2n) is 11.3. The minimum atomic E-state index is -0.134. The molecule has 220 valence electrons. The number of fused-ring (bicyclic) bond motifs is 1. The number of amides is 3. The fraction of sp³-hybridized carbons (Fsp3) is 0.500. The molecule has 0 spiro atoms. The van der Waals surface area contributed by atoms with Gasteiger partial charge in [-0.15, -0.1) is 0 Å². The molecule has 0 aromatic heterocycles. The van der Waals surface area contributed by atoms with Crippen LogP contribution < -0.4 is 10.6 Å². The predicted octanol–water partition coefficient (Wildman–Crippen LogP) is 3.13. The highest BCUT2D eigenvalue weighted by atomic mass is 35.5. The molecular weight excluding hydrogens is 563 g/mol. The van der Waals surface area contributed by atoms with Crippen molar-refractivity contribution in [1.82, 2.24) is 24.9 Å². The standard InChI is InChI=1S/C30H38Cl2N6O3/c1-35(17-21-7-9-25(31)26(32)15-21)29(40)19-38-20-33-27-10-8-23(16-24(27)30(38)41)37-13-11-36(12-14-37)18-28(39)34-22-5-3-2-4-6-22/h2-7,9,15,23-24,27,33H,8,10-14,16-20H2,1H3,(H,34,39). The van der Waals surface area contributed by atoms with Gasteiger partial charge in [0, 0.05) is 57.5 Å². The van der Waals surface area contributed by atoms with Crippen LogP contribution in [0.4, 0.5) is 5.69 Å². The number of carbonyl (C=O) groups is 3. The average Bonchev–Trinajstić information content (AvgIpc) is 2.97. The minimum Gasteiger partial charge on any atom is -0.340 e. The van der Waals surface area contributed by atoms with Crippen LogP contribution in [0.2, 0.25) is 10.0 Å². The second kappa shape index (κ2) is 13.5. The lowest BCUT2D eigenvalue weighted by Gasteiger charge is -2.47. The summed E-state index contributed by atoms with van der Waals surface area (Å²) in [5.41, 5.74) is 1.69. The third-order valence-electron chi connectivity index (χ3n) is 8.50. The Bertz CT molecular complexity index is 1240. The highest BCUT2D eigenvalue weighted by Crippen LogP contribution is 2.32. The fourth-order valence-electron chi connectivity index (χ4n) is 6.17. The van der Waals surface area contributed by atoms with Crippen molar-refractivity contribution >= 4 is 46.6 Å². The van der Waals surface area contributed by atoms with E-state index in [2.05, 4.69) is 20.4 Å². The number of anilines is 1. The molecule has 3 fully saturated rings. The summed E-state index contributed by atoms with van der Waals surface area (Å²) in [6, 6.07) is 15.3. The fourth-order valence-corrected chi connectivity index (χ4v) is 6.49. The monoisotopic (exact) mass is 600 g/mol. The zero-order valence-corrected chi connectivity index (χ0v) is 24.9. The van der Waals surface area contributed by atoms with Crippen LogP contribution in [0.15, 0.2) is 48.5 Å². The molecule has 2 aliphatic heterocycles. The maximum Gasteiger partial charge on any atom is 0.242 e. The van der Waals surface area contributed by atoms with E-state index in [0.717, 1.165) is 56.7 Å². The first-order valence-electron chi connectivity index (χ1n) is 14.3. The van der Waals surface area contributed by atoms with Gasteiger partial charge in [0.05, 0.1) is 29.2 Å². The molecule has 3 aliphatic rings. The van der Waals surface area contributed by atoms with E-state index >= 15 is 0 Å². The van der Waals surface area contributed by atoms with Crippen molar-refractivity contribution < 1.29 is 14.4 Å². The van der Waals surface area contributed by atoms with Gasteiger partial charge in [0.15, 0.2) is 0 Å². The van der Waals surface area contributed by atoms with E-state index in [1.165, 1.54) is 0 Å². The van der Waals surface area contributed by atoms with Crippen molar-refractivity contribution in [3.05, 3.63) is 64.1 Å². The second-order valence-corrected chi connectivity index (χ2v) is 12.1. The lowest BCUT2D eigenvalue weighted by atomic mass is 9.79. The molecule has 2 aromatic carbocycles. The van der Waals surface area contributed by atoms with E-state index in [4.69, 9.17) is 23.2 Å². The summed E-state index contributed by atoms with van der Waals surface area (Å²) < 4.78 is 0. The van der Waals surface area contributed by atoms with Crippen LogP contribution in [-0.4, -0.2) is 102 Å².